The monoisotopic (exact) mass is 518 g/mol. The molecule has 9 heteroatoms. The van der Waals surface area contributed by atoms with Gasteiger partial charge in [0.05, 0.1) is 5.56 Å². The van der Waals surface area contributed by atoms with Crippen LogP contribution in [-0.4, -0.2) is 31.8 Å². The van der Waals surface area contributed by atoms with Crippen LogP contribution >= 0.6 is 11.8 Å². The Morgan fingerprint density at radius 1 is 0.838 bits per heavy atom. The summed E-state index contributed by atoms with van der Waals surface area (Å²) in [5.41, 5.74) is 12.1. The van der Waals surface area contributed by atoms with E-state index >= 15 is 0 Å². The smallest absolute Gasteiger partial charge is 0.361 e. The van der Waals surface area contributed by atoms with E-state index < -0.39 is 18.7 Å². The van der Waals surface area contributed by atoms with Crippen LogP contribution in [0.2, 0.25) is 0 Å². The molecule has 0 unspecified atom stereocenters. The van der Waals surface area contributed by atoms with E-state index in [0.717, 1.165) is 29.1 Å². The summed E-state index contributed by atoms with van der Waals surface area (Å²) in [6, 6.07) is 24.9. The molecule has 3 aromatic rings. The van der Waals surface area contributed by atoms with Gasteiger partial charge in [0.2, 0.25) is 6.79 Å². The molecule has 37 heavy (non-hydrogen) atoms. The molecule has 8 nitrogen and oxygen atoms in total. The van der Waals surface area contributed by atoms with Gasteiger partial charge >= 0.3 is 11.9 Å². The maximum Gasteiger partial charge on any atom is 0.361 e. The number of piperidine rings is 1. The number of nitrogens with one attached hydrogen (secondary N) is 1. The zero-order valence-electron chi connectivity index (χ0n) is 20.4. The highest BCUT2D eigenvalue weighted by Gasteiger charge is 2.17. The molecule has 3 aromatic carbocycles. The van der Waals surface area contributed by atoms with E-state index in [1.54, 1.807) is 30.3 Å². The van der Waals surface area contributed by atoms with Gasteiger partial charge in [-0.2, -0.15) is 0 Å². The van der Waals surface area contributed by atoms with Crippen LogP contribution in [0.5, 0.6) is 0 Å². The summed E-state index contributed by atoms with van der Waals surface area (Å²) in [6.07, 6.45) is 3.81. The van der Waals surface area contributed by atoms with Crippen LogP contribution in [0.1, 0.15) is 29.6 Å². The molecular formula is C28H30N4O4S. The highest BCUT2D eigenvalue weighted by Crippen LogP contribution is 2.29. The van der Waals surface area contributed by atoms with Crippen LogP contribution in [-0.2, 0) is 14.3 Å². The Balaban J connectivity index is 1.33. The van der Waals surface area contributed by atoms with Crippen LogP contribution in [0.15, 0.2) is 94.5 Å². The van der Waals surface area contributed by atoms with Gasteiger partial charge in [0.15, 0.2) is 5.70 Å². The highest BCUT2D eigenvalue weighted by atomic mass is 32.2. The minimum atomic E-state index is -0.834. The molecule has 4 rings (SSSR count). The van der Waals surface area contributed by atoms with E-state index in [-0.39, 0.29) is 10.7 Å². The lowest BCUT2D eigenvalue weighted by molar-refractivity contribution is -0.147. The van der Waals surface area contributed by atoms with Gasteiger partial charge in [-0.15, -0.1) is 0 Å². The fraction of sp³-hybridized carbons (Fsp3) is 0.214. The second kappa shape index (κ2) is 12.8. The van der Waals surface area contributed by atoms with Gasteiger partial charge in [0.1, 0.15) is 5.03 Å². The number of carbonyl (C=O) groups is 2. The van der Waals surface area contributed by atoms with E-state index in [1.165, 1.54) is 36.7 Å². The number of nitrogens with two attached hydrogens (primary N) is 2. The van der Waals surface area contributed by atoms with E-state index in [0.29, 0.717) is 5.56 Å². The standard InChI is InChI=1S/C28H30N4O4S/c29-26(25(31-30)28(34)36-19-35-27(33)22-7-3-1-4-8-22)37-24-15-11-21(12-16-24)20-9-13-23(14-10-20)32-17-5-2-6-18-32/h1,3-4,7-16,31H,2,5-6,17-19,29-30H2/b26-25+. The molecule has 0 radical (unpaired) electrons. The van der Waals surface area contributed by atoms with Crippen molar-refractivity contribution in [2.24, 2.45) is 11.6 Å². The van der Waals surface area contributed by atoms with Crippen molar-refractivity contribution in [3.05, 3.63) is 95.2 Å². The molecule has 1 heterocycles. The summed E-state index contributed by atoms with van der Waals surface area (Å²) in [6.45, 7) is 1.67. The summed E-state index contributed by atoms with van der Waals surface area (Å²) in [7, 11) is 0. The average molecular weight is 519 g/mol. The van der Waals surface area contributed by atoms with Crippen LogP contribution in [0, 0.1) is 0 Å². The average Bonchev–Trinajstić information content (AvgIpc) is 2.95. The van der Waals surface area contributed by atoms with Gasteiger partial charge in [-0.25, -0.2) is 9.59 Å². The first-order valence-corrected chi connectivity index (χ1v) is 12.9. The number of hydrazine groups is 1. The minimum Gasteiger partial charge on any atom is -0.424 e. The maximum atomic E-state index is 12.4. The second-order valence-corrected chi connectivity index (χ2v) is 9.57. The Hall–Kier alpha value is -3.95. The number of nitrogens with zero attached hydrogens (tertiary/aromatic N) is 1. The third-order valence-corrected chi connectivity index (χ3v) is 6.92. The fourth-order valence-corrected chi connectivity index (χ4v) is 4.78. The van der Waals surface area contributed by atoms with Crippen LogP contribution in [0.25, 0.3) is 11.1 Å². The number of hydrogen-bond donors (Lipinski definition) is 3. The molecule has 1 aliphatic rings. The Bertz CT molecular complexity index is 1230. The van der Waals surface area contributed by atoms with Crippen LogP contribution in [0.4, 0.5) is 5.69 Å². The SMILES string of the molecule is NN/C(C(=O)OCOC(=O)c1ccccc1)=C(\N)Sc1ccc(-c2ccc(N3CCCCC3)cc2)cc1. The highest BCUT2D eigenvalue weighted by molar-refractivity contribution is 8.03. The molecule has 0 aliphatic carbocycles. The molecule has 0 spiro atoms. The summed E-state index contributed by atoms with van der Waals surface area (Å²) in [5, 5.41) is 0.125. The number of ether oxygens (including phenoxy) is 2. The molecule has 1 aliphatic heterocycles. The lowest BCUT2D eigenvalue weighted by Crippen LogP contribution is -2.31. The van der Waals surface area contributed by atoms with Gasteiger partial charge in [0, 0.05) is 23.7 Å². The van der Waals surface area contributed by atoms with E-state index in [4.69, 9.17) is 21.1 Å². The molecular weight excluding hydrogens is 488 g/mol. The number of carbonyl (C=O) groups excluding carboxylic acids is 2. The Morgan fingerprint density at radius 3 is 2.08 bits per heavy atom. The van der Waals surface area contributed by atoms with Crippen molar-refractivity contribution in [2.45, 2.75) is 24.2 Å². The quantitative estimate of drug-likeness (QED) is 0.0946. The van der Waals surface area contributed by atoms with E-state index in [2.05, 4.69) is 34.6 Å². The molecule has 0 amide bonds. The maximum absolute atomic E-state index is 12.4. The van der Waals surface area contributed by atoms with Gasteiger partial charge in [0.25, 0.3) is 0 Å². The number of benzene rings is 3. The first-order valence-electron chi connectivity index (χ1n) is 12.0. The van der Waals surface area contributed by atoms with Gasteiger partial charge < -0.3 is 25.5 Å². The summed E-state index contributed by atoms with van der Waals surface area (Å²) in [4.78, 5) is 27.6. The molecule has 1 fully saturated rings. The predicted molar refractivity (Wildman–Crippen MR) is 145 cm³/mol. The van der Waals surface area contributed by atoms with Gasteiger partial charge in [-0.3, -0.25) is 5.84 Å². The lowest BCUT2D eigenvalue weighted by Gasteiger charge is -2.28. The molecule has 0 atom stereocenters. The zero-order valence-corrected chi connectivity index (χ0v) is 21.2. The topological polar surface area (TPSA) is 120 Å². The summed E-state index contributed by atoms with van der Waals surface area (Å²) >= 11 is 1.17. The number of anilines is 1. The largest absolute Gasteiger partial charge is 0.424 e. The first kappa shape index (κ1) is 26.1. The van der Waals surface area contributed by atoms with Crippen molar-refractivity contribution in [1.29, 1.82) is 0 Å². The van der Waals surface area contributed by atoms with Crippen molar-refractivity contribution >= 4 is 29.4 Å². The molecule has 1 saturated heterocycles. The Labute approximate surface area is 220 Å². The van der Waals surface area contributed by atoms with Crippen molar-refractivity contribution < 1.29 is 19.1 Å². The van der Waals surface area contributed by atoms with Crippen molar-refractivity contribution in [3.63, 3.8) is 0 Å². The molecule has 0 bridgehead atoms. The Morgan fingerprint density at radius 2 is 1.46 bits per heavy atom. The van der Waals surface area contributed by atoms with Crippen molar-refractivity contribution in [2.75, 3.05) is 24.8 Å². The number of hydrogen-bond acceptors (Lipinski definition) is 9. The molecule has 192 valence electrons. The fourth-order valence-electron chi connectivity index (χ4n) is 4.01. The van der Waals surface area contributed by atoms with Crippen molar-refractivity contribution in [3.8, 4) is 11.1 Å². The van der Waals surface area contributed by atoms with Gasteiger partial charge in [-0.1, -0.05) is 54.2 Å². The number of rotatable bonds is 9. The minimum absolute atomic E-state index is 0.125. The van der Waals surface area contributed by atoms with Crippen LogP contribution in [0.3, 0.4) is 0 Å². The Kier molecular flexibility index (Phi) is 9.07. The van der Waals surface area contributed by atoms with Gasteiger partial charge in [-0.05, 0) is 66.8 Å². The number of thioether (sulfide) groups is 1. The third kappa shape index (κ3) is 7.05. The molecule has 5 N–H and O–H groups in total. The third-order valence-electron chi connectivity index (χ3n) is 5.99. The normalized spacial score (nSPS) is 13.9. The molecule has 0 aromatic heterocycles. The van der Waals surface area contributed by atoms with E-state index in [1.807, 2.05) is 24.3 Å². The second-order valence-electron chi connectivity index (χ2n) is 8.45. The first-order chi connectivity index (χ1) is 18.0. The van der Waals surface area contributed by atoms with Crippen LogP contribution < -0.4 is 21.9 Å². The predicted octanol–water partition coefficient (Wildman–Crippen LogP) is 4.38. The molecule has 0 saturated carbocycles. The zero-order chi connectivity index (χ0) is 26.0. The van der Waals surface area contributed by atoms with Crippen molar-refractivity contribution in [1.82, 2.24) is 5.43 Å². The number of esters is 2. The summed E-state index contributed by atoms with van der Waals surface area (Å²) < 4.78 is 9.96. The lowest BCUT2D eigenvalue weighted by atomic mass is 10.0. The summed E-state index contributed by atoms with van der Waals surface area (Å²) in [5.74, 6) is 4.06. The van der Waals surface area contributed by atoms with E-state index in [9.17, 15) is 9.59 Å².